The summed E-state index contributed by atoms with van der Waals surface area (Å²) in [6, 6.07) is 9.97. The molecule has 0 aliphatic carbocycles. The van der Waals surface area contributed by atoms with Gasteiger partial charge in [-0.15, -0.1) is 0 Å². The van der Waals surface area contributed by atoms with Crippen molar-refractivity contribution in [2.45, 2.75) is 39.2 Å². The van der Waals surface area contributed by atoms with Gasteiger partial charge in [0.25, 0.3) is 11.1 Å². The average Bonchev–Trinajstić information content (AvgIpc) is 2.68. The molecule has 2 aromatic heterocycles. The lowest BCUT2D eigenvalue weighted by Gasteiger charge is -2.14. The fourth-order valence-electron chi connectivity index (χ4n) is 3.55. The summed E-state index contributed by atoms with van der Waals surface area (Å²) >= 11 is 12.2. The first-order valence-corrected chi connectivity index (χ1v) is 10.1. The van der Waals surface area contributed by atoms with E-state index < -0.39 is 0 Å². The lowest BCUT2D eigenvalue weighted by Crippen LogP contribution is -2.29. The highest BCUT2D eigenvalue weighted by Gasteiger charge is 2.16. The fourth-order valence-corrected chi connectivity index (χ4v) is 3.90. The molecule has 28 heavy (non-hydrogen) atoms. The van der Waals surface area contributed by atoms with Crippen LogP contribution >= 0.6 is 23.2 Å². The summed E-state index contributed by atoms with van der Waals surface area (Å²) in [6.07, 6.45) is 4.05. The average molecular weight is 416 g/mol. The Morgan fingerprint density at radius 3 is 2.36 bits per heavy atom. The van der Waals surface area contributed by atoms with Crippen LogP contribution in [0.15, 0.2) is 46.0 Å². The molecule has 144 valence electrons. The van der Waals surface area contributed by atoms with Crippen molar-refractivity contribution in [2.75, 3.05) is 0 Å². The second-order valence-corrected chi connectivity index (χ2v) is 7.77. The predicted molar refractivity (Wildman–Crippen MR) is 115 cm³/mol. The summed E-state index contributed by atoms with van der Waals surface area (Å²) in [5, 5.41) is 1.73. The van der Waals surface area contributed by atoms with E-state index >= 15 is 0 Å². The lowest BCUT2D eigenvalue weighted by atomic mass is 10.2. The van der Waals surface area contributed by atoms with Crippen LogP contribution < -0.4 is 11.1 Å². The molecule has 7 heteroatoms. The Labute approximate surface area is 171 Å². The van der Waals surface area contributed by atoms with Crippen molar-refractivity contribution in [2.24, 2.45) is 0 Å². The van der Waals surface area contributed by atoms with Crippen molar-refractivity contribution in [3.05, 3.63) is 67.2 Å². The van der Waals surface area contributed by atoms with Crippen LogP contribution in [0.2, 0.25) is 10.0 Å². The molecule has 4 rings (SSSR count). The Hall–Kier alpha value is -2.37. The molecule has 0 N–H and O–H groups in total. The molecule has 0 aliphatic heterocycles. The molecular formula is C21H19Cl2N3O2. The van der Waals surface area contributed by atoms with Crippen LogP contribution in [0.4, 0.5) is 0 Å². The lowest BCUT2D eigenvalue weighted by molar-refractivity contribution is 0.575. The quantitative estimate of drug-likeness (QED) is 0.260. The topological polar surface area (TPSA) is 56.4 Å². The Kier molecular flexibility index (Phi) is 5.13. The molecule has 0 fully saturated rings. The molecule has 0 saturated carbocycles. The van der Waals surface area contributed by atoms with Crippen molar-refractivity contribution < 1.29 is 0 Å². The number of rotatable bonds is 5. The maximum Gasteiger partial charge on any atom is 0.267 e. The van der Waals surface area contributed by atoms with Crippen molar-refractivity contribution in [3.8, 4) is 0 Å². The first kappa shape index (κ1) is 19.0. The number of nitrogens with zero attached hydrogens (tertiary/aromatic N) is 3. The molecule has 2 heterocycles. The SMILES string of the molecule is CCCCCCn1c(=O)c2cc(Cl)ccc2n2c(=O)c3cc(Cl)ccc3nc12. The molecule has 0 amide bonds. The summed E-state index contributed by atoms with van der Waals surface area (Å²) in [5.74, 6) is 0.344. The molecule has 5 nitrogen and oxygen atoms in total. The molecule has 0 aliphatic rings. The highest BCUT2D eigenvalue weighted by atomic mass is 35.5. The number of hydrogen-bond acceptors (Lipinski definition) is 3. The Morgan fingerprint density at radius 2 is 1.61 bits per heavy atom. The number of hydrogen-bond donors (Lipinski definition) is 0. The number of benzene rings is 2. The van der Waals surface area contributed by atoms with Crippen molar-refractivity contribution in [1.82, 2.24) is 14.0 Å². The first-order chi connectivity index (χ1) is 13.5. The molecule has 0 radical (unpaired) electrons. The Balaban J connectivity index is 2.11. The molecule has 0 saturated heterocycles. The minimum absolute atomic E-state index is 0.186. The molecule has 0 unspecified atom stereocenters. The monoisotopic (exact) mass is 415 g/mol. The van der Waals surface area contributed by atoms with E-state index in [9.17, 15) is 9.59 Å². The van der Waals surface area contributed by atoms with Crippen LogP contribution in [-0.4, -0.2) is 14.0 Å². The number of aryl methyl sites for hydroxylation is 1. The van der Waals surface area contributed by atoms with E-state index in [0.717, 1.165) is 25.7 Å². The maximum absolute atomic E-state index is 13.3. The van der Waals surface area contributed by atoms with Crippen LogP contribution in [0.25, 0.3) is 27.6 Å². The van der Waals surface area contributed by atoms with Gasteiger partial charge in [0.05, 0.1) is 21.8 Å². The second-order valence-electron chi connectivity index (χ2n) is 6.89. The second kappa shape index (κ2) is 7.57. The van der Waals surface area contributed by atoms with Crippen LogP contribution in [0, 0.1) is 0 Å². The zero-order valence-electron chi connectivity index (χ0n) is 15.4. The van der Waals surface area contributed by atoms with Crippen molar-refractivity contribution in [3.63, 3.8) is 0 Å². The largest absolute Gasteiger partial charge is 0.278 e. The third-order valence-corrected chi connectivity index (χ3v) is 5.43. The Bertz CT molecular complexity index is 1330. The zero-order chi connectivity index (χ0) is 19.8. The van der Waals surface area contributed by atoms with Gasteiger partial charge in [0.1, 0.15) is 0 Å². The highest BCUT2D eigenvalue weighted by molar-refractivity contribution is 6.31. The van der Waals surface area contributed by atoms with E-state index in [4.69, 9.17) is 23.2 Å². The third-order valence-electron chi connectivity index (χ3n) is 4.96. The standard InChI is InChI=1S/C21H19Cl2N3O2/c1-2-3-4-5-10-25-19(27)16-12-14(23)7-9-18(16)26-20(28)15-11-13(22)6-8-17(15)24-21(25)26/h6-9,11-12H,2-5,10H2,1H3. The zero-order valence-corrected chi connectivity index (χ0v) is 16.9. The third kappa shape index (κ3) is 3.19. The summed E-state index contributed by atoms with van der Waals surface area (Å²) < 4.78 is 3.08. The number of aromatic nitrogens is 3. The molecule has 0 bridgehead atoms. The van der Waals surface area contributed by atoms with Gasteiger partial charge >= 0.3 is 0 Å². The van der Waals surface area contributed by atoms with E-state index in [0.29, 0.717) is 44.2 Å². The van der Waals surface area contributed by atoms with Gasteiger partial charge < -0.3 is 0 Å². The molecule has 4 aromatic rings. The van der Waals surface area contributed by atoms with Crippen LogP contribution in [0.5, 0.6) is 0 Å². The fraction of sp³-hybridized carbons (Fsp3) is 0.286. The minimum Gasteiger partial charge on any atom is -0.278 e. The number of halogens is 2. The van der Waals surface area contributed by atoms with Crippen molar-refractivity contribution in [1.29, 1.82) is 0 Å². The summed E-state index contributed by atoms with van der Waals surface area (Å²) in [6.45, 7) is 2.63. The van der Waals surface area contributed by atoms with Gasteiger partial charge in [-0.25, -0.2) is 9.38 Å². The summed E-state index contributed by atoms with van der Waals surface area (Å²) in [7, 11) is 0. The predicted octanol–water partition coefficient (Wildman–Crippen LogP) is 5.05. The molecule has 0 atom stereocenters. The first-order valence-electron chi connectivity index (χ1n) is 9.35. The highest BCUT2D eigenvalue weighted by Crippen LogP contribution is 2.20. The van der Waals surface area contributed by atoms with E-state index in [2.05, 4.69) is 11.9 Å². The summed E-state index contributed by atoms with van der Waals surface area (Å²) in [4.78, 5) is 31.1. The van der Waals surface area contributed by atoms with E-state index in [1.165, 1.54) is 4.40 Å². The normalized spacial score (nSPS) is 11.7. The van der Waals surface area contributed by atoms with E-state index in [1.54, 1.807) is 41.0 Å². The van der Waals surface area contributed by atoms with E-state index in [-0.39, 0.29) is 11.1 Å². The van der Waals surface area contributed by atoms with Gasteiger partial charge in [-0.2, -0.15) is 0 Å². The Morgan fingerprint density at radius 1 is 0.893 bits per heavy atom. The maximum atomic E-state index is 13.3. The van der Waals surface area contributed by atoms with E-state index in [1.807, 2.05) is 0 Å². The van der Waals surface area contributed by atoms with Gasteiger partial charge in [0.2, 0.25) is 5.78 Å². The molecule has 0 spiro atoms. The van der Waals surface area contributed by atoms with Crippen molar-refractivity contribution >= 4 is 50.8 Å². The number of unbranched alkanes of at least 4 members (excludes halogenated alkanes) is 3. The van der Waals surface area contributed by atoms with Gasteiger partial charge in [-0.1, -0.05) is 49.4 Å². The molecule has 2 aromatic carbocycles. The molecular weight excluding hydrogens is 397 g/mol. The smallest absolute Gasteiger partial charge is 0.267 e. The number of fused-ring (bicyclic) bond motifs is 4. The van der Waals surface area contributed by atoms with Crippen LogP contribution in [0.3, 0.4) is 0 Å². The van der Waals surface area contributed by atoms with Gasteiger partial charge in [0.15, 0.2) is 0 Å². The van der Waals surface area contributed by atoms with Crippen LogP contribution in [-0.2, 0) is 6.54 Å². The minimum atomic E-state index is -0.253. The van der Waals surface area contributed by atoms with Crippen LogP contribution in [0.1, 0.15) is 32.6 Å². The van der Waals surface area contributed by atoms with Gasteiger partial charge in [0, 0.05) is 16.6 Å². The van der Waals surface area contributed by atoms with Gasteiger partial charge in [-0.3, -0.25) is 14.2 Å². The summed E-state index contributed by atoms with van der Waals surface area (Å²) in [5.41, 5.74) is 0.573. The van der Waals surface area contributed by atoms with Gasteiger partial charge in [-0.05, 0) is 42.8 Å².